The third-order valence-corrected chi connectivity index (χ3v) is 2.78. The summed E-state index contributed by atoms with van der Waals surface area (Å²) < 4.78 is 5.38. The van der Waals surface area contributed by atoms with Crippen LogP contribution in [0.1, 0.15) is 28.8 Å². The van der Waals surface area contributed by atoms with Crippen molar-refractivity contribution in [2.24, 2.45) is 0 Å². The fraction of sp³-hybridized carbons (Fsp3) is 0.286. The Balaban J connectivity index is 1.99. The Morgan fingerprint density at radius 2 is 2.00 bits per heavy atom. The minimum atomic E-state index is 0.380. The molecule has 2 aromatic rings. The Labute approximate surface area is 106 Å². The molecule has 0 spiro atoms. The van der Waals surface area contributed by atoms with E-state index in [0.29, 0.717) is 12.3 Å². The first kappa shape index (κ1) is 12.5. The molecule has 0 bridgehead atoms. The van der Waals surface area contributed by atoms with Crippen molar-refractivity contribution in [2.75, 3.05) is 6.54 Å². The number of aldehydes is 1. The van der Waals surface area contributed by atoms with Gasteiger partial charge in [-0.3, -0.25) is 14.7 Å². The lowest BCUT2D eigenvalue weighted by Crippen LogP contribution is -2.22. The molecule has 0 atom stereocenters. The van der Waals surface area contributed by atoms with Gasteiger partial charge in [-0.15, -0.1) is 0 Å². The summed E-state index contributed by atoms with van der Waals surface area (Å²) in [5.74, 6) is 1.19. The van der Waals surface area contributed by atoms with E-state index in [-0.39, 0.29) is 0 Å². The van der Waals surface area contributed by atoms with E-state index in [2.05, 4.69) is 16.8 Å². The quantitative estimate of drug-likeness (QED) is 0.732. The van der Waals surface area contributed by atoms with E-state index in [4.69, 9.17) is 4.42 Å². The van der Waals surface area contributed by atoms with Gasteiger partial charge in [-0.25, -0.2) is 0 Å². The fourth-order valence-corrected chi connectivity index (χ4v) is 1.79. The summed E-state index contributed by atoms with van der Waals surface area (Å²) in [5, 5.41) is 0. The summed E-state index contributed by atoms with van der Waals surface area (Å²) in [6.07, 6.45) is 4.31. The van der Waals surface area contributed by atoms with Crippen LogP contribution in [0.4, 0.5) is 0 Å². The predicted octanol–water partition coefficient (Wildman–Crippen LogP) is 2.51. The van der Waals surface area contributed by atoms with Gasteiger partial charge in [0.2, 0.25) is 0 Å². The van der Waals surface area contributed by atoms with Crippen molar-refractivity contribution in [3.63, 3.8) is 0 Å². The Kier molecular flexibility index (Phi) is 4.25. The molecule has 0 fully saturated rings. The highest BCUT2D eigenvalue weighted by Crippen LogP contribution is 2.11. The highest BCUT2D eigenvalue weighted by molar-refractivity contribution is 5.70. The molecule has 0 aliphatic rings. The Bertz CT molecular complexity index is 494. The summed E-state index contributed by atoms with van der Waals surface area (Å²) in [6, 6.07) is 7.55. The van der Waals surface area contributed by atoms with Crippen LogP contribution < -0.4 is 0 Å². The van der Waals surface area contributed by atoms with E-state index >= 15 is 0 Å². The second kappa shape index (κ2) is 6.12. The Hall–Kier alpha value is -1.94. The molecule has 4 heteroatoms. The lowest BCUT2D eigenvalue weighted by Gasteiger charge is -2.18. The van der Waals surface area contributed by atoms with Crippen LogP contribution in [0.5, 0.6) is 0 Å². The molecule has 0 saturated carbocycles. The molecular weight excluding hydrogens is 228 g/mol. The van der Waals surface area contributed by atoms with Crippen LogP contribution in [-0.2, 0) is 13.1 Å². The third-order valence-electron chi connectivity index (χ3n) is 2.78. The Morgan fingerprint density at radius 3 is 2.61 bits per heavy atom. The zero-order chi connectivity index (χ0) is 12.8. The molecule has 4 nitrogen and oxygen atoms in total. The van der Waals surface area contributed by atoms with Gasteiger partial charge < -0.3 is 4.42 Å². The molecule has 0 radical (unpaired) electrons. The third kappa shape index (κ3) is 3.28. The molecule has 0 aromatic carbocycles. The van der Waals surface area contributed by atoms with Gasteiger partial charge in [0.1, 0.15) is 5.76 Å². The average molecular weight is 244 g/mol. The van der Waals surface area contributed by atoms with E-state index in [1.807, 2.05) is 18.2 Å². The number of nitrogens with zero attached hydrogens (tertiary/aromatic N) is 2. The van der Waals surface area contributed by atoms with Crippen molar-refractivity contribution in [1.29, 1.82) is 0 Å². The first-order valence-electron chi connectivity index (χ1n) is 5.97. The second-order valence-corrected chi connectivity index (χ2v) is 4.08. The van der Waals surface area contributed by atoms with Gasteiger partial charge in [-0.2, -0.15) is 0 Å². The van der Waals surface area contributed by atoms with Crippen LogP contribution in [0.2, 0.25) is 0 Å². The molecule has 2 rings (SSSR count). The van der Waals surface area contributed by atoms with Crippen molar-refractivity contribution in [3.8, 4) is 0 Å². The minimum Gasteiger partial charge on any atom is -0.457 e. The molecular formula is C14H16N2O2. The van der Waals surface area contributed by atoms with Crippen LogP contribution in [0.3, 0.4) is 0 Å². The van der Waals surface area contributed by atoms with E-state index in [1.54, 1.807) is 18.5 Å². The van der Waals surface area contributed by atoms with Crippen molar-refractivity contribution < 1.29 is 9.21 Å². The summed E-state index contributed by atoms with van der Waals surface area (Å²) >= 11 is 0. The maximum Gasteiger partial charge on any atom is 0.185 e. The molecule has 2 heterocycles. The molecule has 0 aliphatic carbocycles. The van der Waals surface area contributed by atoms with Gasteiger partial charge in [0, 0.05) is 18.9 Å². The number of rotatable bonds is 6. The summed E-state index contributed by atoms with van der Waals surface area (Å²) in [5.41, 5.74) is 1.22. The molecule has 0 saturated heterocycles. The van der Waals surface area contributed by atoms with Crippen molar-refractivity contribution in [2.45, 2.75) is 20.0 Å². The van der Waals surface area contributed by atoms with E-state index < -0.39 is 0 Å². The molecule has 0 unspecified atom stereocenters. The number of carbonyl (C=O) groups is 1. The van der Waals surface area contributed by atoms with Crippen molar-refractivity contribution >= 4 is 6.29 Å². The Morgan fingerprint density at radius 1 is 1.22 bits per heavy atom. The lowest BCUT2D eigenvalue weighted by molar-refractivity contribution is 0.109. The van der Waals surface area contributed by atoms with Crippen LogP contribution in [0.15, 0.2) is 41.1 Å². The summed E-state index contributed by atoms with van der Waals surface area (Å²) in [6.45, 7) is 4.56. The van der Waals surface area contributed by atoms with Gasteiger partial charge in [-0.05, 0) is 36.4 Å². The van der Waals surface area contributed by atoms with Gasteiger partial charge in [0.25, 0.3) is 0 Å². The van der Waals surface area contributed by atoms with Crippen LogP contribution in [0.25, 0.3) is 0 Å². The fourth-order valence-electron chi connectivity index (χ4n) is 1.79. The van der Waals surface area contributed by atoms with Crippen molar-refractivity contribution in [1.82, 2.24) is 9.88 Å². The largest absolute Gasteiger partial charge is 0.457 e. The number of hydrogen-bond acceptors (Lipinski definition) is 4. The monoisotopic (exact) mass is 244 g/mol. The summed E-state index contributed by atoms with van der Waals surface area (Å²) in [7, 11) is 0. The smallest absolute Gasteiger partial charge is 0.185 e. The normalized spacial score (nSPS) is 10.8. The standard InChI is InChI=1S/C14H16N2O2/c1-2-16(9-12-5-7-15-8-6-12)10-13-3-4-14(11-17)18-13/h3-8,11H,2,9-10H2,1H3. The SMILES string of the molecule is CCN(Cc1ccncc1)Cc1ccc(C=O)o1. The molecule has 94 valence electrons. The molecule has 2 aromatic heterocycles. The predicted molar refractivity (Wildman–Crippen MR) is 68.1 cm³/mol. The highest BCUT2D eigenvalue weighted by Gasteiger charge is 2.08. The lowest BCUT2D eigenvalue weighted by atomic mass is 10.2. The van der Waals surface area contributed by atoms with Gasteiger partial charge in [0.15, 0.2) is 12.0 Å². The number of aromatic nitrogens is 1. The zero-order valence-corrected chi connectivity index (χ0v) is 10.4. The average Bonchev–Trinajstić information content (AvgIpc) is 2.87. The van der Waals surface area contributed by atoms with Gasteiger partial charge in [-0.1, -0.05) is 6.92 Å². The van der Waals surface area contributed by atoms with E-state index in [1.165, 1.54) is 5.56 Å². The second-order valence-electron chi connectivity index (χ2n) is 4.08. The van der Waals surface area contributed by atoms with Crippen LogP contribution in [-0.4, -0.2) is 22.7 Å². The van der Waals surface area contributed by atoms with Crippen molar-refractivity contribution in [3.05, 3.63) is 53.7 Å². The number of furan rings is 1. The van der Waals surface area contributed by atoms with Crippen LogP contribution >= 0.6 is 0 Å². The maximum absolute atomic E-state index is 10.6. The first-order valence-corrected chi connectivity index (χ1v) is 5.97. The first-order chi connectivity index (χ1) is 8.81. The minimum absolute atomic E-state index is 0.380. The van der Waals surface area contributed by atoms with Gasteiger partial charge in [0.05, 0.1) is 6.54 Å². The van der Waals surface area contributed by atoms with Crippen LogP contribution in [0, 0.1) is 0 Å². The number of hydrogen-bond donors (Lipinski definition) is 0. The molecule has 0 aliphatic heterocycles. The molecule has 18 heavy (non-hydrogen) atoms. The topological polar surface area (TPSA) is 46.3 Å². The van der Waals surface area contributed by atoms with E-state index in [0.717, 1.165) is 25.1 Å². The van der Waals surface area contributed by atoms with Gasteiger partial charge >= 0.3 is 0 Å². The van der Waals surface area contributed by atoms with E-state index in [9.17, 15) is 4.79 Å². The zero-order valence-electron chi connectivity index (χ0n) is 10.4. The molecule has 0 amide bonds. The molecule has 0 N–H and O–H groups in total. The number of pyridine rings is 1. The number of carbonyl (C=O) groups excluding carboxylic acids is 1. The maximum atomic E-state index is 10.6. The highest BCUT2D eigenvalue weighted by atomic mass is 16.3. The summed E-state index contributed by atoms with van der Waals surface area (Å²) in [4.78, 5) is 16.8.